The van der Waals surface area contributed by atoms with E-state index < -0.39 is 0 Å². The zero-order chi connectivity index (χ0) is 12.0. The Balaban J connectivity index is 2.75. The first kappa shape index (κ1) is 12.5. The molecule has 1 rings (SSSR count). The molecule has 86 valence electrons. The number of nitrogens with zero attached hydrogens (tertiary/aromatic N) is 2. The lowest BCUT2D eigenvalue weighted by atomic mass is 10.1. The van der Waals surface area contributed by atoms with Crippen molar-refractivity contribution in [2.24, 2.45) is 0 Å². The summed E-state index contributed by atoms with van der Waals surface area (Å²) in [6.45, 7) is 6.93. The maximum Gasteiger partial charge on any atom is 0.103 e. The lowest BCUT2D eigenvalue weighted by molar-refractivity contribution is 0.743. The third kappa shape index (κ3) is 3.23. The summed E-state index contributed by atoms with van der Waals surface area (Å²) in [6.07, 6.45) is 3.57. The third-order valence-corrected chi connectivity index (χ3v) is 2.54. The van der Waals surface area contributed by atoms with Gasteiger partial charge in [-0.25, -0.2) is 0 Å². The molecule has 1 heterocycles. The van der Waals surface area contributed by atoms with E-state index in [1.54, 1.807) is 0 Å². The van der Waals surface area contributed by atoms with Crippen molar-refractivity contribution in [2.75, 3.05) is 11.9 Å². The molecule has 0 spiro atoms. The van der Waals surface area contributed by atoms with Gasteiger partial charge in [0.25, 0.3) is 0 Å². The normalized spacial score (nSPS) is 9.88. The minimum absolute atomic E-state index is 0.669. The van der Waals surface area contributed by atoms with Gasteiger partial charge in [0.05, 0.1) is 16.9 Å². The SMILES string of the molecule is CCCCCNc1cc(C)nc(C)c1C#N. The molecule has 0 bridgehead atoms. The third-order valence-electron chi connectivity index (χ3n) is 2.54. The van der Waals surface area contributed by atoms with Gasteiger partial charge in [0.15, 0.2) is 0 Å². The van der Waals surface area contributed by atoms with Gasteiger partial charge in [-0.3, -0.25) is 4.98 Å². The molecule has 0 aromatic carbocycles. The van der Waals surface area contributed by atoms with Crippen molar-refractivity contribution >= 4 is 5.69 Å². The molecule has 16 heavy (non-hydrogen) atoms. The van der Waals surface area contributed by atoms with E-state index in [1.807, 2.05) is 19.9 Å². The quantitative estimate of drug-likeness (QED) is 0.771. The highest BCUT2D eigenvalue weighted by molar-refractivity contribution is 5.59. The van der Waals surface area contributed by atoms with Crippen LogP contribution in [0.3, 0.4) is 0 Å². The first-order chi connectivity index (χ1) is 7.69. The van der Waals surface area contributed by atoms with Crippen LogP contribution >= 0.6 is 0 Å². The molecule has 0 amide bonds. The molecular weight excluding hydrogens is 198 g/mol. The highest BCUT2D eigenvalue weighted by Crippen LogP contribution is 2.18. The number of unbranched alkanes of at least 4 members (excludes halogenated alkanes) is 2. The largest absolute Gasteiger partial charge is 0.384 e. The van der Waals surface area contributed by atoms with Crippen LogP contribution in [-0.2, 0) is 0 Å². The average molecular weight is 217 g/mol. The Morgan fingerprint density at radius 3 is 2.75 bits per heavy atom. The maximum absolute atomic E-state index is 9.06. The molecule has 0 unspecified atom stereocenters. The molecule has 0 aliphatic carbocycles. The summed E-state index contributed by atoms with van der Waals surface area (Å²) < 4.78 is 0. The molecule has 0 saturated carbocycles. The Labute approximate surface area is 97.5 Å². The second kappa shape index (κ2) is 6.12. The van der Waals surface area contributed by atoms with Gasteiger partial charge in [0.2, 0.25) is 0 Å². The molecule has 0 aliphatic rings. The molecule has 3 heteroatoms. The zero-order valence-corrected chi connectivity index (χ0v) is 10.3. The zero-order valence-electron chi connectivity index (χ0n) is 10.3. The van der Waals surface area contributed by atoms with Crippen LogP contribution in [-0.4, -0.2) is 11.5 Å². The van der Waals surface area contributed by atoms with E-state index >= 15 is 0 Å². The summed E-state index contributed by atoms with van der Waals surface area (Å²) in [5.41, 5.74) is 3.35. The van der Waals surface area contributed by atoms with Crippen LogP contribution in [0.2, 0.25) is 0 Å². The van der Waals surface area contributed by atoms with Crippen molar-refractivity contribution in [3.63, 3.8) is 0 Å². The van der Waals surface area contributed by atoms with Gasteiger partial charge in [0, 0.05) is 12.2 Å². The van der Waals surface area contributed by atoms with Gasteiger partial charge in [-0.15, -0.1) is 0 Å². The van der Waals surface area contributed by atoms with Crippen molar-refractivity contribution in [2.45, 2.75) is 40.0 Å². The number of hydrogen-bond donors (Lipinski definition) is 1. The smallest absolute Gasteiger partial charge is 0.103 e. The predicted octanol–water partition coefficient (Wildman–Crippen LogP) is 3.17. The fourth-order valence-corrected chi connectivity index (χ4v) is 1.71. The fraction of sp³-hybridized carbons (Fsp3) is 0.538. The van der Waals surface area contributed by atoms with E-state index in [2.05, 4.69) is 23.3 Å². The van der Waals surface area contributed by atoms with Gasteiger partial charge < -0.3 is 5.32 Å². The highest BCUT2D eigenvalue weighted by Gasteiger charge is 2.06. The Hall–Kier alpha value is -1.56. The molecule has 1 aromatic heterocycles. The van der Waals surface area contributed by atoms with Crippen LogP contribution in [0.5, 0.6) is 0 Å². The minimum Gasteiger partial charge on any atom is -0.384 e. The maximum atomic E-state index is 9.06. The summed E-state index contributed by atoms with van der Waals surface area (Å²) in [5.74, 6) is 0. The molecule has 0 saturated heterocycles. The first-order valence-electron chi connectivity index (χ1n) is 5.81. The number of rotatable bonds is 5. The van der Waals surface area contributed by atoms with Crippen molar-refractivity contribution in [1.82, 2.24) is 4.98 Å². The summed E-state index contributed by atoms with van der Waals surface area (Å²) in [6, 6.07) is 4.15. The van der Waals surface area contributed by atoms with Crippen LogP contribution in [0.1, 0.15) is 43.1 Å². The van der Waals surface area contributed by atoms with Crippen molar-refractivity contribution in [1.29, 1.82) is 5.26 Å². The molecule has 0 fully saturated rings. The predicted molar refractivity (Wildman–Crippen MR) is 66.4 cm³/mol. The van der Waals surface area contributed by atoms with Gasteiger partial charge in [-0.1, -0.05) is 19.8 Å². The summed E-state index contributed by atoms with van der Waals surface area (Å²) >= 11 is 0. The van der Waals surface area contributed by atoms with Crippen LogP contribution in [0.25, 0.3) is 0 Å². The lowest BCUT2D eigenvalue weighted by Crippen LogP contribution is -2.05. The lowest BCUT2D eigenvalue weighted by Gasteiger charge is -2.10. The molecule has 1 N–H and O–H groups in total. The summed E-state index contributed by atoms with van der Waals surface area (Å²) in [7, 11) is 0. The number of hydrogen-bond acceptors (Lipinski definition) is 3. The number of nitrogens with one attached hydrogen (secondary N) is 1. The fourth-order valence-electron chi connectivity index (χ4n) is 1.71. The number of nitriles is 1. The van der Waals surface area contributed by atoms with Gasteiger partial charge in [-0.05, 0) is 26.3 Å². The van der Waals surface area contributed by atoms with Gasteiger partial charge >= 0.3 is 0 Å². The summed E-state index contributed by atoms with van der Waals surface area (Å²) in [4.78, 5) is 4.29. The summed E-state index contributed by atoms with van der Waals surface area (Å²) in [5, 5.41) is 12.4. The second-order valence-electron chi connectivity index (χ2n) is 4.02. The highest BCUT2D eigenvalue weighted by atomic mass is 14.9. The standard InChI is InChI=1S/C13H19N3/c1-4-5-6-7-15-13-8-10(2)16-11(3)12(13)9-14/h8H,4-7H2,1-3H3,(H,15,16). The van der Waals surface area contributed by atoms with Crippen molar-refractivity contribution in [3.05, 3.63) is 23.0 Å². The number of pyridine rings is 1. The van der Waals surface area contributed by atoms with Crippen LogP contribution < -0.4 is 5.32 Å². The number of aromatic nitrogens is 1. The van der Waals surface area contributed by atoms with Crippen LogP contribution in [0, 0.1) is 25.2 Å². The van der Waals surface area contributed by atoms with E-state index in [9.17, 15) is 0 Å². The average Bonchev–Trinajstić information content (AvgIpc) is 2.24. The van der Waals surface area contributed by atoms with Crippen molar-refractivity contribution in [3.8, 4) is 6.07 Å². The van der Waals surface area contributed by atoms with Gasteiger partial charge in [0.1, 0.15) is 6.07 Å². The first-order valence-corrected chi connectivity index (χ1v) is 5.81. The Morgan fingerprint density at radius 1 is 1.38 bits per heavy atom. The monoisotopic (exact) mass is 217 g/mol. The minimum atomic E-state index is 0.669. The topological polar surface area (TPSA) is 48.7 Å². The van der Waals surface area contributed by atoms with E-state index in [-0.39, 0.29) is 0 Å². The second-order valence-corrected chi connectivity index (χ2v) is 4.02. The molecule has 0 atom stereocenters. The Morgan fingerprint density at radius 2 is 2.12 bits per heavy atom. The molecule has 1 aromatic rings. The van der Waals surface area contributed by atoms with E-state index in [0.717, 1.165) is 30.0 Å². The Bertz CT molecular complexity index is 391. The van der Waals surface area contributed by atoms with E-state index in [1.165, 1.54) is 12.8 Å². The van der Waals surface area contributed by atoms with Crippen LogP contribution in [0.4, 0.5) is 5.69 Å². The van der Waals surface area contributed by atoms with Crippen molar-refractivity contribution < 1.29 is 0 Å². The van der Waals surface area contributed by atoms with E-state index in [4.69, 9.17) is 5.26 Å². The van der Waals surface area contributed by atoms with Gasteiger partial charge in [-0.2, -0.15) is 5.26 Å². The number of anilines is 1. The van der Waals surface area contributed by atoms with E-state index in [0.29, 0.717) is 5.56 Å². The molecule has 0 radical (unpaired) electrons. The number of aryl methyl sites for hydroxylation is 2. The molecule has 0 aliphatic heterocycles. The molecular formula is C13H19N3. The molecule has 3 nitrogen and oxygen atoms in total. The Kier molecular flexibility index (Phi) is 4.78. The van der Waals surface area contributed by atoms with Crippen LogP contribution in [0.15, 0.2) is 6.07 Å².